The maximum Gasteiger partial charge on any atom is 0.271 e. The molecular formula is C23H31N3O4. The van der Waals surface area contributed by atoms with Crippen LogP contribution in [0.15, 0.2) is 18.2 Å². The minimum atomic E-state index is -1.06. The molecule has 0 saturated carbocycles. The van der Waals surface area contributed by atoms with Gasteiger partial charge in [0.05, 0.1) is 5.69 Å². The molecule has 0 N–H and O–H groups in total. The van der Waals surface area contributed by atoms with E-state index in [1.807, 2.05) is 9.80 Å². The number of fused-ring (bicyclic) bond motifs is 1. The smallest absolute Gasteiger partial charge is 0.271 e. The van der Waals surface area contributed by atoms with Crippen molar-refractivity contribution in [1.82, 2.24) is 9.80 Å². The predicted molar refractivity (Wildman–Crippen MR) is 114 cm³/mol. The van der Waals surface area contributed by atoms with E-state index in [0.717, 1.165) is 64.7 Å². The summed E-state index contributed by atoms with van der Waals surface area (Å²) in [5.41, 5.74) is -0.0212. The van der Waals surface area contributed by atoms with Crippen LogP contribution in [0.4, 0.5) is 5.69 Å². The van der Waals surface area contributed by atoms with Gasteiger partial charge in [0, 0.05) is 31.7 Å². The Morgan fingerprint density at radius 1 is 0.933 bits per heavy atom. The third-order valence-corrected chi connectivity index (χ3v) is 6.27. The molecule has 4 rings (SSSR count). The van der Waals surface area contributed by atoms with Crippen molar-refractivity contribution in [3.8, 4) is 5.75 Å². The molecule has 2 fully saturated rings. The van der Waals surface area contributed by atoms with E-state index in [0.29, 0.717) is 17.0 Å². The van der Waals surface area contributed by atoms with Crippen LogP contribution in [0, 0.1) is 0 Å². The molecule has 3 aliphatic heterocycles. The van der Waals surface area contributed by atoms with Crippen molar-refractivity contribution in [3.05, 3.63) is 23.8 Å². The van der Waals surface area contributed by atoms with Gasteiger partial charge in [-0.3, -0.25) is 19.3 Å². The summed E-state index contributed by atoms with van der Waals surface area (Å²) in [5.74, 6) is 0.180. The van der Waals surface area contributed by atoms with E-state index >= 15 is 0 Å². The van der Waals surface area contributed by atoms with E-state index in [4.69, 9.17) is 4.74 Å². The first kappa shape index (κ1) is 20.7. The molecule has 7 heteroatoms. The van der Waals surface area contributed by atoms with E-state index in [9.17, 15) is 14.4 Å². The fraction of sp³-hybridized carbons (Fsp3) is 0.609. The van der Waals surface area contributed by atoms with Crippen LogP contribution in [0.3, 0.4) is 0 Å². The molecule has 0 aliphatic carbocycles. The normalized spacial score (nSPS) is 21.1. The first-order chi connectivity index (χ1) is 14.4. The first-order valence-electron chi connectivity index (χ1n) is 11.1. The zero-order valence-electron chi connectivity index (χ0n) is 18.0. The van der Waals surface area contributed by atoms with Crippen LogP contribution in [-0.2, 0) is 9.59 Å². The van der Waals surface area contributed by atoms with Gasteiger partial charge in [0.1, 0.15) is 12.3 Å². The minimum absolute atomic E-state index is 0.0252. The largest absolute Gasteiger partial charge is 0.476 e. The lowest BCUT2D eigenvalue weighted by Crippen LogP contribution is -2.55. The molecule has 3 heterocycles. The van der Waals surface area contributed by atoms with Gasteiger partial charge in [-0.1, -0.05) is 12.8 Å². The average Bonchev–Trinajstić information content (AvgIpc) is 3.13. The number of hydrogen-bond acceptors (Lipinski definition) is 4. The van der Waals surface area contributed by atoms with Crippen molar-refractivity contribution in [2.45, 2.75) is 58.0 Å². The molecule has 0 atom stereocenters. The number of anilines is 1. The Kier molecular flexibility index (Phi) is 5.71. The highest BCUT2D eigenvalue weighted by atomic mass is 16.5. The van der Waals surface area contributed by atoms with E-state index in [-0.39, 0.29) is 24.3 Å². The van der Waals surface area contributed by atoms with Gasteiger partial charge < -0.3 is 14.5 Å². The van der Waals surface area contributed by atoms with Crippen LogP contribution in [0.2, 0.25) is 0 Å². The van der Waals surface area contributed by atoms with Crippen molar-refractivity contribution in [2.24, 2.45) is 0 Å². The zero-order chi connectivity index (χ0) is 21.3. The van der Waals surface area contributed by atoms with Gasteiger partial charge in [-0.05, 0) is 57.7 Å². The molecule has 3 amide bonds. The van der Waals surface area contributed by atoms with E-state index < -0.39 is 5.60 Å². The lowest BCUT2D eigenvalue weighted by Gasteiger charge is -2.39. The summed E-state index contributed by atoms with van der Waals surface area (Å²) in [7, 11) is 0. The molecule has 2 saturated heterocycles. The summed E-state index contributed by atoms with van der Waals surface area (Å²) in [6.07, 6.45) is 6.33. The molecule has 3 aliphatic rings. The molecule has 0 radical (unpaired) electrons. The SMILES string of the molecule is CC1(C)Oc2ccc(C(=O)N3CCCCCC3)cc2N(CC(=O)N2CCCC2)C1=O. The first-order valence-corrected chi connectivity index (χ1v) is 11.1. The standard InChI is InChI=1S/C23H31N3O4/c1-23(2)22(29)26(16-20(27)24-11-7-8-12-24)18-15-17(9-10-19(18)30-23)21(28)25-13-5-3-4-6-14-25/h9-10,15H,3-8,11-14,16H2,1-2H3. The average molecular weight is 414 g/mol. The summed E-state index contributed by atoms with van der Waals surface area (Å²) in [4.78, 5) is 44.2. The Bertz CT molecular complexity index is 837. The number of carbonyl (C=O) groups is 3. The summed E-state index contributed by atoms with van der Waals surface area (Å²) in [6, 6.07) is 5.23. The lowest BCUT2D eigenvalue weighted by molar-refractivity contribution is -0.136. The fourth-order valence-corrected chi connectivity index (χ4v) is 4.52. The van der Waals surface area contributed by atoms with E-state index in [1.165, 1.54) is 4.90 Å². The summed E-state index contributed by atoms with van der Waals surface area (Å²) in [5, 5.41) is 0. The second-order valence-electron chi connectivity index (χ2n) is 8.98. The number of hydrogen-bond donors (Lipinski definition) is 0. The molecule has 7 nitrogen and oxygen atoms in total. The van der Waals surface area contributed by atoms with Gasteiger partial charge in [-0.25, -0.2) is 0 Å². The molecular weight excluding hydrogens is 382 g/mol. The van der Waals surface area contributed by atoms with Crippen molar-refractivity contribution in [1.29, 1.82) is 0 Å². The molecule has 1 aromatic carbocycles. The van der Waals surface area contributed by atoms with Crippen LogP contribution in [0.25, 0.3) is 0 Å². The van der Waals surface area contributed by atoms with Crippen molar-refractivity contribution in [2.75, 3.05) is 37.6 Å². The predicted octanol–water partition coefficient (Wildman–Crippen LogP) is 2.83. The summed E-state index contributed by atoms with van der Waals surface area (Å²) < 4.78 is 5.93. The highest BCUT2D eigenvalue weighted by Crippen LogP contribution is 2.38. The van der Waals surface area contributed by atoms with Crippen LogP contribution >= 0.6 is 0 Å². The van der Waals surface area contributed by atoms with Crippen molar-refractivity contribution >= 4 is 23.4 Å². The van der Waals surface area contributed by atoms with Gasteiger partial charge in [-0.2, -0.15) is 0 Å². The number of amides is 3. The molecule has 30 heavy (non-hydrogen) atoms. The maximum atomic E-state index is 13.1. The van der Waals surface area contributed by atoms with Gasteiger partial charge in [0.25, 0.3) is 11.8 Å². The third-order valence-electron chi connectivity index (χ3n) is 6.27. The number of benzene rings is 1. The third kappa shape index (κ3) is 4.02. The van der Waals surface area contributed by atoms with Gasteiger partial charge in [0.15, 0.2) is 5.60 Å². The van der Waals surface area contributed by atoms with Crippen molar-refractivity contribution < 1.29 is 19.1 Å². The Balaban J connectivity index is 1.63. The molecule has 0 spiro atoms. The zero-order valence-corrected chi connectivity index (χ0v) is 18.0. The van der Waals surface area contributed by atoms with Crippen LogP contribution in [0.5, 0.6) is 5.75 Å². The second kappa shape index (κ2) is 8.28. The minimum Gasteiger partial charge on any atom is -0.476 e. The molecule has 0 unspecified atom stereocenters. The van der Waals surface area contributed by atoms with E-state index in [1.54, 1.807) is 32.0 Å². The quantitative estimate of drug-likeness (QED) is 0.764. The molecule has 0 aromatic heterocycles. The highest BCUT2D eigenvalue weighted by molar-refractivity contribution is 6.07. The Labute approximate surface area is 177 Å². The van der Waals surface area contributed by atoms with E-state index in [2.05, 4.69) is 0 Å². The number of carbonyl (C=O) groups excluding carboxylic acids is 3. The van der Waals surface area contributed by atoms with Gasteiger partial charge in [-0.15, -0.1) is 0 Å². The Hall–Kier alpha value is -2.57. The molecule has 1 aromatic rings. The Morgan fingerprint density at radius 2 is 1.53 bits per heavy atom. The lowest BCUT2D eigenvalue weighted by atomic mass is 10.0. The van der Waals surface area contributed by atoms with Gasteiger partial charge in [0.2, 0.25) is 5.91 Å². The number of likely N-dealkylation sites (tertiary alicyclic amines) is 2. The van der Waals surface area contributed by atoms with Crippen LogP contribution in [-0.4, -0.2) is 65.8 Å². The van der Waals surface area contributed by atoms with Gasteiger partial charge >= 0.3 is 0 Å². The number of ether oxygens (including phenoxy) is 1. The molecule has 0 bridgehead atoms. The fourth-order valence-electron chi connectivity index (χ4n) is 4.52. The maximum absolute atomic E-state index is 13.1. The van der Waals surface area contributed by atoms with Crippen LogP contribution < -0.4 is 9.64 Å². The topological polar surface area (TPSA) is 70.2 Å². The summed E-state index contributed by atoms with van der Waals surface area (Å²) >= 11 is 0. The Morgan fingerprint density at radius 3 is 2.20 bits per heavy atom. The highest BCUT2D eigenvalue weighted by Gasteiger charge is 2.42. The van der Waals surface area contributed by atoms with Crippen LogP contribution in [0.1, 0.15) is 62.7 Å². The summed E-state index contributed by atoms with van der Waals surface area (Å²) in [6.45, 7) is 6.39. The monoisotopic (exact) mass is 413 g/mol. The van der Waals surface area contributed by atoms with Crippen molar-refractivity contribution in [3.63, 3.8) is 0 Å². The second-order valence-corrected chi connectivity index (χ2v) is 8.98. The number of nitrogens with zero attached hydrogens (tertiary/aromatic N) is 3. The number of rotatable bonds is 3. The molecule has 162 valence electrons.